The summed E-state index contributed by atoms with van der Waals surface area (Å²) < 4.78 is 5.79. The summed E-state index contributed by atoms with van der Waals surface area (Å²) in [6.07, 6.45) is 18.5. The largest absolute Gasteiger partial charge is 0.425 e. The highest BCUT2D eigenvalue weighted by Crippen LogP contribution is 2.60. The molecule has 35 heavy (non-hydrogen) atoms. The first-order valence-corrected chi connectivity index (χ1v) is 14.2. The number of hydrogen-bond donors (Lipinski definition) is 0. The molecule has 4 aliphatic carbocycles. The second-order valence-corrected chi connectivity index (χ2v) is 11.7. The maximum atomic E-state index is 12.9. The van der Waals surface area contributed by atoms with Gasteiger partial charge in [-0.1, -0.05) is 52.0 Å². The normalized spacial score (nSPS) is 29.8. The summed E-state index contributed by atoms with van der Waals surface area (Å²) in [4.78, 5) is 12.9. The molecule has 0 aromatic heterocycles. The number of nitriles is 2. The van der Waals surface area contributed by atoms with Gasteiger partial charge < -0.3 is 4.74 Å². The van der Waals surface area contributed by atoms with Crippen LogP contribution in [0, 0.1) is 39.9 Å². The predicted molar refractivity (Wildman–Crippen MR) is 138 cm³/mol. The number of hydrogen-bond acceptors (Lipinski definition) is 4. The molecule has 188 valence electrons. The van der Waals surface area contributed by atoms with E-state index in [2.05, 4.69) is 26.0 Å². The molecule has 2 bridgehead atoms. The number of ether oxygens (including phenoxy) is 1. The Morgan fingerprint density at radius 1 is 0.914 bits per heavy atom. The Hall–Kier alpha value is -2.33. The van der Waals surface area contributed by atoms with Crippen LogP contribution in [0.25, 0.3) is 0 Å². The van der Waals surface area contributed by atoms with Crippen LogP contribution in [0.3, 0.4) is 0 Å². The van der Waals surface area contributed by atoms with E-state index >= 15 is 0 Å². The van der Waals surface area contributed by atoms with Gasteiger partial charge in [-0.15, -0.1) is 0 Å². The van der Waals surface area contributed by atoms with Crippen molar-refractivity contribution < 1.29 is 9.53 Å². The van der Waals surface area contributed by atoms with Crippen molar-refractivity contribution in [1.82, 2.24) is 0 Å². The smallest absolute Gasteiger partial charge is 0.314 e. The highest BCUT2D eigenvalue weighted by atomic mass is 16.5. The van der Waals surface area contributed by atoms with Crippen LogP contribution >= 0.6 is 0 Å². The molecule has 4 nitrogen and oxygen atoms in total. The third-order valence-corrected chi connectivity index (χ3v) is 9.76. The zero-order chi connectivity index (χ0) is 24.9. The van der Waals surface area contributed by atoms with E-state index in [1.54, 1.807) is 6.07 Å². The number of fused-ring (bicyclic) bond motifs is 3. The lowest BCUT2D eigenvalue weighted by Crippen LogP contribution is -2.44. The monoisotopic (exact) mass is 474 g/mol. The lowest BCUT2D eigenvalue weighted by Gasteiger charge is -2.54. The van der Waals surface area contributed by atoms with Crippen LogP contribution in [-0.4, -0.2) is 5.97 Å². The number of carbonyl (C=O) groups excluding carboxylic acids is 1. The predicted octanol–water partition coefficient (Wildman–Crippen LogP) is 8.11. The Kier molecular flexibility index (Phi) is 8.21. The van der Waals surface area contributed by atoms with Gasteiger partial charge in [0, 0.05) is 0 Å². The first kappa shape index (κ1) is 25.8. The Balaban J connectivity index is 1.49. The molecule has 4 saturated carbocycles. The van der Waals surface area contributed by atoms with Crippen molar-refractivity contribution in [2.75, 3.05) is 0 Å². The van der Waals surface area contributed by atoms with E-state index in [1.807, 2.05) is 6.07 Å². The van der Waals surface area contributed by atoms with Gasteiger partial charge in [0.15, 0.2) is 0 Å². The van der Waals surface area contributed by atoms with Gasteiger partial charge in [-0.2, -0.15) is 10.5 Å². The van der Waals surface area contributed by atoms with Gasteiger partial charge in [0.1, 0.15) is 23.5 Å². The topological polar surface area (TPSA) is 73.9 Å². The minimum atomic E-state index is -0.238. The average Bonchev–Trinajstić information content (AvgIpc) is 2.90. The van der Waals surface area contributed by atoms with E-state index in [-0.39, 0.29) is 28.6 Å². The fourth-order valence-electron chi connectivity index (χ4n) is 7.42. The van der Waals surface area contributed by atoms with Crippen molar-refractivity contribution in [2.24, 2.45) is 17.3 Å². The first-order chi connectivity index (χ1) is 17.0. The van der Waals surface area contributed by atoms with Crippen molar-refractivity contribution in [1.29, 1.82) is 10.5 Å². The molecule has 0 saturated heterocycles. The molecule has 4 heteroatoms. The molecule has 0 unspecified atom stereocenters. The van der Waals surface area contributed by atoms with Gasteiger partial charge >= 0.3 is 5.97 Å². The Bertz CT molecular complexity index is 966. The number of nitrogens with zero attached hydrogens (tertiary/aromatic N) is 2. The first-order valence-electron chi connectivity index (χ1n) is 14.2. The van der Waals surface area contributed by atoms with E-state index < -0.39 is 0 Å². The third-order valence-electron chi connectivity index (χ3n) is 9.76. The Morgan fingerprint density at radius 2 is 1.57 bits per heavy atom. The summed E-state index contributed by atoms with van der Waals surface area (Å²) in [5.41, 5.74) is 2.18. The number of carbonyl (C=O) groups is 1. The van der Waals surface area contributed by atoms with Gasteiger partial charge in [0.2, 0.25) is 0 Å². The van der Waals surface area contributed by atoms with Crippen LogP contribution in [0.4, 0.5) is 0 Å². The summed E-state index contributed by atoms with van der Waals surface area (Å²) in [6.45, 7) is 4.48. The maximum absolute atomic E-state index is 12.9. The molecule has 0 N–H and O–H groups in total. The van der Waals surface area contributed by atoms with E-state index in [0.29, 0.717) is 11.0 Å². The van der Waals surface area contributed by atoms with Crippen molar-refractivity contribution in [3.63, 3.8) is 0 Å². The molecule has 1 aromatic carbocycles. The minimum absolute atomic E-state index is 0.0105. The van der Waals surface area contributed by atoms with Crippen LogP contribution in [0.1, 0.15) is 133 Å². The molecule has 5 rings (SSSR count). The highest BCUT2D eigenvalue weighted by Gasteiger charge is 2.50. The minimum Gasteiger partial charge on any atom is -0.425 e. The number of benzene rings is 1. The third kappa shape index (κ3) is 5.28. The lowest BCUT2D eigenvalue weighted by molar-refractivity contribution is -0.140. The van der Waals surface area contributed by atoms with E-state index in [9.17, 15) is 15.3 Å². The van der Waals surface area contributed by atoms with E-state index in [0.717, 1.165) is 56.4 Å². The van der Waals surface area contributed by atoms with Crippen molar-refractivity contribution in [3.05, 3.63) is 28.8 Å². The summed E-state index contributed by atoms with van der Waals surface area (Å²) >= 11 is 0. The quantitative estimate of drug-likeness (QED) is 0.206. The molecule has 0 aliphatic heterocycles. The van der Waals surface area contributed by atoms with Crippen LogP contribution in [-0.2, 0) is 10.2 Å². The van der Waals surface area contributed by atoms with E-state index in [4.69, 9.17) is 4.74 Å². The number of unbranched alkanes of at least 4 members (excludes halogenated alkanes) is 2. The Morgan fingerprint density at radius 3 is 2.14 bits per heavy atom. The molecule has 1 aromatic rings. The number of esters is 1. The molecule has 0 amide bonds. The molecule has 0 heterocycles. The molecule has 0 spiro atoms. The summed E-state index contributed by atoms with van der Waals surface area (Å²) in [7, 11) is 0. The summed E-state index contributed by atoms with van der Waals surface area (Å²) in [6, 6.07) is 8.35. The standard InChI is InChI=1S/C31H42N2O2/c1-3-5-6-14-30-15-18-31(19-16-30,20-17-30)27-12-13-28(26(22-33)25(27)21-32)35-29(34)24-10-8-23(7-4-2)9-11-24/h12-13,23-24H,3-11,14-20H2,1-2H3. The Labute approximate surface area is 212 Å². The lowest BCUT2D eigenvalue weighted by atomic mass is 9.50. The van der Waals surface area contributed by atoms with Gasteiger partial charge in [-0.25, -0.2) is 0 Å². The molecule has 4 aliphatic rings. The fourth-order valence-corrected chi connectivity index (χ4v) is 7.42. The molecule has 0 radical (unpaired) electrons. The fraction of sp³-hybridized carbons (Fsp3) is 0.710. The van der Waals surface area contributed by atoms with Gasteiger partial charge in [0.05, 0.1) is 11.5 Å². The van der Waals surface area contributed by atoms with Gasteiger partial charge in [-0.3, -0.25) is 4.79 Å². The average molecular weight is 475 g/mol. The molecule has 0 atom stereocenters. The maximum Gasteiger partial charge on any atom is 0.314 e. The van der Waals surface area contributed by atoms with Gasteiger partial charge in [0.25, 0.3) is 0 Å². The van der Waals surface area contributed by atoms with Crippen LogP contribution in [0.2, 0.25) is 0 Å². The molecular formula is C31H42N2O2. The van der Waals surface area contributed by atoms with Crippen LogP contribution in [0.5, 0.6) is 5.75 Å². The second-order valence-electron chi connectivity index (χ2n) is 11.7. The summed E-state index contributed by atoms with van der Waals surface area (Å²) in [5, 5.41) is 20.1. The highest BCUT2D eigenvalue weighted by molar-refractivity contribution is 5.76. The van der Waals surface area contributed by atoms with Crippen LogP contribution < -0.4 is 4.74 Å². The van der Waals surface area contributed by atoms with Crippen LogP contribution in [0.15, 0.2) is 12.1 Å². The molecule has 4 fully saturated rings. The van der Waals surface area contributed by atoms with Gasteiger partial charge in [-0.05, 0) is 99.0 Å². The molecular weight excluding hydrogens is 432 g/mol. The summed E-state index contributed by atoms with van der Waals surface area (Å²) in [5.74, 6) is 0.652. The zero-order valence-electron chi connectivity index (χ0n) is 21.8. The second kappa shape index (κ2) is 11.2. The van der Waals surface area contributed by atoms with Crippen molar-refractivity contribution in [3.8, 4) is 17.9 Å². The number of rotatable bonds is 9. The SMILES string of the molecule is CCCCCC12CCC(c3ccc(OC(=O)C4CCC(CCC)CC4)c(C#N)c3C#N)(CC1)CC2. The van der Waals surface area contributed by atoms with E-state index in [1.165, 1.54) is 57.8 Å². The zero-order valence-corrected chi connectivity index (χ0v) is 21.8. The van der Waals surface area contributed by atoms with Crippen molar-refractivity contribution >= 4 is 5.97 Å². The van der Waals surface area contributed by atoms with Crippen molar-refractivity contribution in [2.45, 2.75) is 122 Å².